The van der Waals surface area contributed by atoms with Crippen molar-refractivity contribution in [1.82, 2.24) is 5.32 Å². The van der Waals surface area contributed by atoms with Crippen LogP contribution >= 0.6 is 0 Å². The van der Waals surface area contributed by atoms with Gasteiger partial charge >= 0.3 is 0 Å². The van der Waals surface area contributed by atoms with Crippen LogP contribution < -0.4 is 14.4 Å². The van der Waals surface area contributed by atoms with E-state index in [-0.39, 0.29) is 23.4 Å². The number of amides is 1. The molecule has 0 saturated carbocycles. The smallest absolute Gasteiger partial charge is 0.264 e. The molecule has 0 spiro atoms. The van der Waals surface area contributed by atoms with Gasteiger partial charge in [-0.2, -0.15) is 0 Å². The number of benzene rings is 3. The maximum absolute atomic E-state index is 13.6. The van der Waals surface area contributed by atoms with Crippen LogP contribution in [0, 0.1) is 6.92 Å². The highest BCUT2D eigenvalue weighted by molar-refractivity contribution is 7.92. The molecule has 4 rings (SSSR count). The zero-order valence-electron chi connectivity index (χ0n) is 20.5. The van der Waals surface area contributed by atoms with Crippen LogP contribution in [0.3, 0.4) is 0 Å². The van der Waals surface area contributed by atoms with Crippen molar-refractivity contribution in [3.63, 3.8) is 0 Å². The lowest BCUT2D eigenvalue weighted by molar-refractivity contribution is -0.120. The van der Waals surface area contributed by atoms with Crippen LogP contribution in [0.5, 0.6) is 5.75 Å². The zero-order chi connectivity index (χ0) is 25.0. The third-order valence-electron chi connectivity index (χ3n) is 6.49. The van der Waals surface area contributed by atoms with E-state index in [1.807, 2.05) is 13.8 Å². The van der Waals surface area contributed by atoms with Crippen LogP contribution in [0.25, 0.3) is 0 Å². The van der Waals surface area contributed by atoms with E-state index >= 15 is 0 Å². The van der Waals surface area contributed by atoms with Gasteiger partial charge in [0.05, 0.1) is 23.7 Å². The largest absolute Gasteiger partial charge is 0.497 e. The van der Waals surface area contributed by atoms with E-state index in [1.54, 1.807) is 48.5 Å². The highest BCUT2D eigenvalue weighted by atomic mass is 32.2. The van der Waals surface area contributed by atoms with E-state index < -0.39 is 10.0 Å². The molecule has 1 aliphatic rings. The summed E-state index contributed by atoms with van der Waals surface area (Å²) in [5.74, 6) is 0.128. The second-order valence-corrected chi connectivity index (χ2v) is 10.9. The molecule has 0 unspecified atom stereocenters. The number of anilines is 1. The molecule has 1 N–H and O–H groups in total. The number of fused-ring (bicyclic) bond motifs is 1. The molecule has 3 aromatic rings. The lowest BCUT2D eigenvalue weighted by Crippen LogP contribution is -2.41. The molecular weight excluding hydrogens is 460 g/mol. The number of rotatable bonds is 8. The first-order chi connectivity index (χ1) is 16.8. The van der Waals surface area contributed by atoms with E-state index in [2.05, 4.69) is 23.5 Å². The predicted octanol–water partition coefficient (Wildman–Crippen LogP) is 4.96. The topological polar surface area (TPSA) is 75.7 Å². The fourth-order valence-corrected chi connectivity index (χ4v) is 5.85. The van der Waals surface area contributed by atoms with Crippen molar-refractivity contribution in [1.29, 1.82) is 0 Å². The van der Waals surface area contributed by atoms with E-state index in [9.17, 15) is 13.2 Å². The second-order valence-electron chi connectivity index (χ2n) is 9.05. The van der Waals surface area contributed by atoms with Gasteiger partial charge in [0.15, 0.2) is 0 Å². The Kier molecular flexibility index (Phi) is 7.45. The van der Waals surface area contributed by atoms with Crippen molar-refractivity contribution in [2.75, 3.05) is 18.0 Å². The summed E-state index contributed by atoms with van der Waals surface area (Å²) in [4.78, 5) is 13.3. The van der Waals surface area contributed by atoms with Crippen molar-refractivity contribution in [2.45, 2.75) is 50.5 Å². The molecular formula is C28H32N2O4S. The number of nitrogens with one attached hydrogen (secondary N) is 1. The summed E-state index contributed by atoms with van der Waals surface area (Å²) >= 11 is 0. The van der Waals surface area contributed by atoms with Crippen LogP contribution in [0.1, 0.15) is 48.1 Å². The van der Waals surface area contributed by atoms with Gasteiger partial charge in [0.25, 0.3) is 10.0 Å². The molecule has 184 valence electrons. The fraction of sp³-hybridized carbons (Fsp3) is 0.321. The van der Waals surface area contributed by atoms with Crippen LogP contribution in [-0.4, -0.2) is 28.0 Å². The van der Waals surface area contributed by atoms with Gasteiger partial charge in [0.1, 0.15) is 12.3 Å². The van der Waals surface area contributed by atoms with Crippen molar-refractivity contribution in [3.05, 3.63) is 89.0 Å². The Hall–Kier alpha value is -3.32. The molecule has 0 bridgehead atoms. The number of aryl methyl sites for hydroxylation is 3. The quantitative estimate of drug-likeness (QED) is 0.483. The summed E-state index contributed by atoms with van der Waals surface area (Å²) in [6.45, 7) is 3.47. The SMILES string of the molecule is COc1cccc(N(CC(=O)N[C@@H](C)c2ccc3c(c2)CCCC3)S(=O)(=O)c2ccc(C)cc2)c1. The van der Waals surface area contributed by atoms with Crippen LogP contribution in [0.15, 0.2) is 71.6 Å². The van der Waals surface area contributed by atoms with Crippen molar-refractivity contribution < 1.29 is 17.9 Å². The second kappa shape index (κ2) is 10.5. The number of ether oxygens (including phenoxy) is 1. The Bertz CT molecular complexity index is 1300. The van der Waals surface area contributed by atoms with E-state index in [1.165, 1.54) is 31.1 Å². The van der Waals surface area contributed by atoms with Crippen LogP contribution in [0.2, 0.25) is 0 Å². The van der Waals surface area contributed by atoms with Gasteiger partial charge in [-0.3, -0.25) is 9.10 Å². The maximum atomic E-state index is 13.6. The monoisotopic (exact) mass is 492 g/mol. The van der Waals surface area contributed by atoms with Gasteiger partial charge in [0, 0.05) is 6.07 Å². The van der Waals surface area contributed by atoms with Crippen LogP contribution in [-0.2, 0) is 27.7 Å². The molecule has 35 heavy (non-hydrogen) atoms. The Morgan fingerprint density at radius 1 is 1.00 bits per heavy atom. The molecule has 0 radical (unpaired) electrons. The molecule has 0 aliphatic heterocycles. The highest BCUT2D eigenvalue weighted by Gasteiger charge is 2.28. The normalized spacial score (nSPS) is 14.0. The summed E-state index contributed by atoms with van der Waals surface area (Å²) in [7, 11) is -2.47. The first-order valence-electron chi connectivity index (χ1n) is 11.9. The van der Waals surface area contributed by atoms with Crippen molar-refractivity contribution in [2.24, 2.45) is 0 Å². The lowest BCUT2D eigenvalue weighted by atomic mass is 9.89. The number of nitrogens with zero attached hydrogens (tertiary/aromatic N) is 1. The van der Waals surface area contributed by atoms with Crippen molar-refractivity contribution in [3.8, 4) is 5.75 Å². The predicted molar refractivity (Wildman–Crippen MR) is 138 cm³/mol. The van der Waals surface area contributed by atoms with Gasteiger partial charge in [-0.05, 0) is 80.5 Å². The third kappa shape index (κ3) is 5.68. The lowest BCUT2D eigenvalue weighted by Gasteiger charge is -2.26. The van der Waals surface area contributed by atoms with Gasteiger partial charge in [-0.25, -0.2) is 8.42 Å². The highest BCUT2D eigenvalue weighted by Crippen LogP contribution is 2.28. The molecule has 0 saturated heterocycles. The first kappa shape index (κ1) is 24.8. The summed E-state index contributed by atoms with van der Waals surface area (Å²) in [5, 5.41) is 2.99. The van der Waals surface area contributed by atoms with Gasteiger partial charge in [-0.15, -0.1) is 0 Å². The minimum absolute atomic E-state index is 0.126. The summed E-state index contributed by atoms with van der Waals surface area (Å²) in [6.07, 6.45) is 4.56. The average molecular weight is 493 g/mol. The standard InChI is InChI=1S/C28H32N2O4S/c1-20-11-15-27(16-12-20)35(32,33)30(25-9-6-10-26(18-25)34-3)19-28(31)29-21(2)23-14-13-22-7-4-5-8-24(22)17-23/h6,9-18,21H,4-5,7-8,19H2,1-3H3,(H,29,31)/t21-/m0/s1. The number of carbonyl (C=O) groups excluding carboxylic acids is 1. The number of methoxy groups -OCH3 is 1. The minimum Gasteiger partial charge on any atom is -0.497 e. The summed E-state index contributed by atoms with van der Waals surface area (Å²) in [5.41, 5.74) is 5.06. The Morgan fingerprint density at radius 3 is 2.43 bits per heavy atom. The molecule has 1 atom stereocenters. The van der Waals surface area contributed by atoms with E-state index in [4.69, 9.17) is 4.74 Å². The Labute approximate surface area is 208 Å². The third-order valence-corrected chi connectivity index (χ3v) is 8.28. The average Bonchev–Trinajstić information content (AvgIpc) is 2.87. The molecule has 0 heterocycles. The molecule has 7 heteroatoms. The number of hydrogen-bond donors (Lipinski definition) is 1. The van der Waals surface area contributed by atoms with Crippen molar-refractivity contribution >= 4 is 21.6 Å². The van der Waals surface area contributed by atoms with E-state index in [0.717, 1.165) is 28.3 Å². The molecule has 6 nitrogen and oxygen atoms in total. The minimum atomic E-state index is -3.99. The Morgan fingerprint density at radius 2 is 1.71 bits per heavy atom. The van der Waals surface area contributed by atoms with Gasteiger partial charge in [-0.1, -0.05) is 42.0 Å². The zero-order valence-corrected chi connectivity index (χ0v) is 21.3. The fourth-order valence-electron chi connectivity index (χ4n) is 4.44. The summed E-state index contributed by atoms with van der Waals surface area (Å²) < 4.78 is 33.6. The first-order valence-corrected chi connectivity index (χ1v) is 13.4. The number of carbonyl (C=O) groups is 1. The number of sulfonamides is 1. The number of hydrogen-bond acceptors (Lipinski definition) is 4. The van der Waals surface area contributed by atoms with Gasteiger partial charge in [0.2, 0.25) is 5.91 Å². The molecule has 1 amide bonds. The van der Waals surface area contributed by atoms with E-state index in [0.29, 0.717) is 11.4 Å². The molecule has 0 aromatic heterocycles. The maximum Gasteiger partial charge on any atom is 0.264 e. The van der Waals surface area contributed by atoms with Gasteiger partial charge < -0.3 is 10.1 Å². The molecule has 1 aliphatic carbocycles. The molecule has 0 fully saturated rings. The Balaban J connectivity index is 1.59. The molecule has 3 aromatic carbocycles. The summed E-state index contributed by atoms with van der Waals surface area (Å²) in [6, 6.07) is 19.5. The van der Waals surface area contributed by atoms with Crippen LogP contribution in [0.4, 0.5) is 5.69 Å².